The van der Waals surface area contributed by atoms with Crippen molar-refractivity contribution < 1.29 is 14.3 Å². The first-order valence-electron chi connectivity index (χ1n) is 5.88. The van der Waals surface area contributed by atoms with Crippen LogP contribution in [0.2, 0.25) is 0 Å². The molecule has 1 heterocycles. The second kappa shape index (κ2) is 4.72. The van der Waals surface area contributed by atoms with E-state index in [-0.39, 0.29) is 12.0 Å². The molecule has 2 aliphatic rings. The molecule has 1 saturated carbocycles. The summed E-state index contributed by atoms with van der Waals surface area (Å²) in [4.78, 5) is 24.0. The highest BCUT2D eigenvalue weighted by molar-refractivity contribution is 5.74. The summed E-state index contributed by atoms with van der Waals surface area (Å²) in [5, 5.41) is 0. The minimum atomic E-state index is -0.218. The van der Waals surface area contributed by atoms with Crippen LogP contribution < -0.4 is 5.73 Å². The van der Waals surface area contributed by atoms with Gasteiger partial charge in [0.2, 0.25) is 5.91 Å². The zero-order valence-corrected chi connectivity index (χ0v) is 9.35. The molecule has 0 spiro atoms. The number of nitrogens with zero attached hydrogens (tertiary/aromatic N) is 1. The van der Waals surface area contributed by atoms with Crippen LogP contribution in [0.4, 0.5) is 4.79 Å². The van der Waals surface area contributed by atoms with Gasteiger partial charge in [-0.1, -0.05) is 0 Å². The van der Waals surface area contributed by atoms with Gasteiger partial charge in [0.15, 0.2) is 0 Å². The highest BCUT2D eigenvalue weighted by Gasteiger charge is 2.32. The van der Waals surface area contributed by atoms with Crippen molar-refractivity contribution in [3.8, 4) is 0 Å². The van der Waals surface area contributed by atoms with Gasteiger partial charge >= 0.3 is 6.09 Å². The zero-order valence-electron chi connectivity index (χ0n) is 9.35. The van der Waals surface area contributed by atoms with Gasteiger partial charge in [-0.3, -0.25) is 4.79 Å². The fraction of sp³-hybridized carbons (Fsp3) is 0.818. The van der Waals surface area contributed by atoms with Crippen molar-refractivity contribution in [2.24, 2.45) is 11.7 Å². The highest BCUT2D eigenvalue weighted by atomic mass is 16.6. The summed E-state index contributed by atoms with van der Waals surface area (Å²) in [5.74, 6) is 0.191. The number of hydrogen-bond acceptors (Lipinski definition) is 3. The molecule has 2 amide bonds. The van der Waals surface area contributed by atoms with Crippen LogP contribution in [0.25, 0.3) is 0 Å². The van der Waals surface area contributed by atoms with E-state index < -0.39 is 0 Å². The Hall–Kier alpha value is -1.26. The van der Waals surface area contributed by atoms with Gasteiger partial charge in [-0.25, -0.2) is 4.79 Å². The van der Waals surface area contributed by atoms with E-state index in [1.54, 1.807) is 0 Å². The molecule has 0 aromatic rings. The predicted octanol–water partition coefficient (Wildman–Crippen LogP) is 0.873. The lowest BCUT2D eigenvalue weighted by molar-refractivity contribution is -0.119. The summed E-state index contributed by atoms with van der Waals surface area (Å²) in [6.45, 7) is 1.23. The molecule has 1 aliphatic carbocycles. The lowest BCUT2D eigenvalue weighted by Crippen LogP contribution is -2.39. The first kappa shape index (κ1) is 11.2. The summed E-state index contributed by atoms with van der Waals surface area (Å²) in [7, 11) is 0. The average Bonchev–Trinajstić information content (AvgIpc) is 2.65. The van der Waals surface area contributed by atoms with E-state index in [1.165, 1.54) is 0 Å². The Kier molecular flexibility index (Phi) is 3.31. The van der Waals surface area contributed by atoms with Crippen molar-refractivity contribution in [2.75, 3.05) is 13.2 Å². The van der Waals surface area contributed by atoms with E-state index in [2.05, 4.69) is 0 Å². The number of carbonyl (C=O) groups is 2. The van der Waals surface area contributed by atoms with E-state index in [9.17, 15) is 9.59 Å². The molecular weight excluding hydrogens is 208 g/mol. The Morgan fingerprint density at radius 3 is 2.56 bits per heavy atom. The maximum Gasteiger partial charge on any atom is 0.410 e. The number of cyclic esters (lactones) is 1. The summed E-state index contributed by atoms with van der Waals surface area (Å²) in [5.41, 5.74) is 5.18. The van der Waals surface area contributed by atoms with Crippen LogP contribution in [0, 0.1) is 5.92 Å². The Morgan fingerprint density at radius 2 is 2.06 bits per heavy atom. The Balaban J connectivity index is 1.80. The van der Waals surface area contributed by atoms with Crippen LogP contribution in [-0.4, -0.2) is 36.1 Å². The molecule has 0 atom stereocenters. The minimum absolute atomic E-state index is 0.182. The van der Waals surface area contributed by atoms with E-state index in [0.717, 1.165) is 25.7 Å². The first-order chi connectivity index (χ1) is 7.66. The number of amides is 2. The van der Waals surface area contributed by atoms with Crippen LogP contribution in [0.15, 0.2) is 0 Å². The second-order valence-electron chi connectivity index (χ2n) is 4.65. The van der Waals surface area contributed by atoms with Crippen molar-refractivity contribution in [1.29, 1.82) is 0 Å². The van der Waals surface area contributed by atoms with Crippen LogP contribution in [0.5, 0.6) is 0 Å². The molecule has 2 N–H and O–H groups in total. The van der Waals surface area contributed by atoms with Crippen LogP contribution in [0.3, 0.4) is 0 Å². The number of ether oxygens (including phenoxy) is 1. The fourth-order valence-corrected chi connectivity index (χ4v) is 2.68. The number of carbonyl (C=O) groups excluding carboxylic acids is 2. The number of rotatable bonds is 3. The maximum absolute atomic E-state index is 11.4. The standard InChI is InChI=1S/C11H18N2O3/c12-10(14)7-8-1-3-9(4-2-8)13-5-6-16-11(13)15/h8-9H,1-7H2,(H2,12,14). The minimum Gasteiger partial charge on any atom is -0.448 e. The third-order valence-electron chi connectivity index (χ3n) is 3.54. The van der Waals surface area contributed by atoms with Crippen molar-refractivity contribution in [3.05, 3.63) is 0 Å². The SMILES string of the molecule is NC(=O)CC1CCC(N2CCOC2=O)CC1. The topological polar surface area (TPSA) is 72.6 Å². The summed E-state index contributed by atoms with van der Waals surface area (Å²) in [6.07, 6.45) is 4.20. The van der Waals surface area contributed by atoms with Gasteiger partial charge in [0, 0.05) is 12.5 Å². The smallest absolute Gasteiger partial charge is 0.410 e. The van der Waals surface area contributed by atoms with Gasteiger partial charge in [0.25, 0.3) is 0 Å². The van der Waals surface area contributed by atoms with E-state index in [0.29, 0.717) is 31.5 Å². The molecule has 5 heteroatoms. The first-order valence-corrected chi connectivity index (χ1v) is 5.88. The monoisotopic (exact) mass is 226 g/mol. The third-order valence-corrected chi connectivity index (χ3v) is 3.54. The molecule has 2 fully saturated rings. The summed E-state index contributed by atoms with van der Waals surface area (Å²) >= 11 is 0. The van der Waals surface area contributed by atoms with Gasteiger partial charge in [0.1, 0.15) is 6.61 Å². The number of nitrogens with two attached hydrogens (primary N) is 1. The molecule has 0 aromatic carbocycles. The molecular formula is C11H18N2O3. The van der Waals surface area contributed by atoms with E-state index >= 15 is 0 Å². The van der Waals surface area contributed by atoms with Gasteiger partial charge in [-0.15, -0.1) is 0 Å². The quantitative estimate of drug-likeness (QED) is 0.776. The third kappa shape index (κ3) is 2.46. The zero-order chi connectivity index (χ0) is 11.5. The Bertz CT molecular complexity index is 285. The molecule has 16 heavy (non-hydrogen) atoms. The fourth-order valence-electron chi connectivity index (χ4n) is 2.68. The molecule has 0 aromatic heterocycles. The molecule has 1 aliphatic heterocycles. The van der Waals surface area contributed by atoms with Crippen LogP contribution >= 0.6 is 0 Å². The second-order valence-corrected chi connectivity index (χ2v) is 4.65. The van der Waals surface area contributed by atoms with Crippen molar-refractivity contribution in [3.63, 3.8) is 0 Å². The average molecular weight is 226 g/mol. The Morgan fingerprint density at radius 1 is 1.38 bits per heavy atom. The van der Waals surface area contributed by atoms with Crippen molar-refractivity contribution in [1.82, 2.24) is 4.90 Å². The van der Waals surface area contributed by atoms with E-state index in [4.69, 9.17) is 10.5 Å². The number of hydrogen-bond donors (Lipinski definition) is 1. The molecule has 2 rings (SSSR count). The summed E-state index contributed by atoms with van der Waals surface area (Å²) < 4.78 is 4.92. The number of primary amides is 1. The normalized spacial score (nSPS) is 30.2. The van der Waals surface area contributed by atoms with E-state index in [1.807, 2.05) is 4.90 Å². The van der Waals surface area contributed by atoms with Gasteiger partial charge < -0.3 is 15.4 Å². The molecule has 0 unspecified atom stereocenters. The lowest BCUT2D eigenvalue weighted by Gasteiger charge is -2.32. The Labute approximate surface area is 94.9 Å². The molecule has 1 saturated heterocycles. The largest absolute Gasteiger partial charge is 0.448 e. The maximum atomic E-state index is 11.4. The van der Waals surface area contributed by atoms with Crippen LogP contribution in [-0.2, 0) is 9.53 Å². The molecule has 5 nitrogen and oxygen atoms in total. The lowest BCUT2D eigenvalue weighted by atomic mass is 9.83. The van der Waals surface area contributed by atoms with Crippen molar-refractivity contribution in [2.45, 2.75) is 38.1 Å². The van der Waals surface area contributed by atoms with Gasteiger partial charge in [0.05, 0.1) is 6.54 Å². The highest BCUT2D eigenvalue weighted by Crippen LogP contribution is 2.30. The molecule has 90 valence electrons. The van der Waals surface area contributed by atoms with Gasteiger partial charge in [-0.05, 0) is 31.6 Å². The van der Waals surface area contributed by atoms with Gasteiger partial charge in [-0.2, -0.15) is 0 Å². The van der Waals surface area contributed by atoms with Crippen LogP contribution in [0.1, 0.15) is 32.1 Å². The molecule has 0 radical (unpaired) electrons. The van der Waals surface area contributed by atoms with Crippen molar-refractivity contribution >= 4 is 12.0 Å². The predicted molar refractivity (Wildman–Crippen MR) is 57.6 cm³/mol. The summed E-state index contributed by atoms with van der Waals surface area (Å²) in [6, 6.07) is 0.305. The molecule has 0 bridgehead atoms.